The molecule has 0 aromatic heterocycles. The van der Waals surface area contributed by atoms with Gasteiger partial charge in [0.05, 0.1) is 0 Å². The maximum Gasteiger partial charge on any atom is 0.373 e. The fraction of sp³-hybridized carbons (Fsp3) is 0.421. The van der Waals surface area contributed by atoms with Crippen molar-refractivity contribution in [2.24, 2.45) is 0 Å². The van der Waals surface area contributed by atoms with Gasteiger partial charge in [0.15, 0.2) is 0 Å². The number of urea groups is 2. The van der Waals surface area contributed by atoms with E-state index in [1.807, 2.05) is 12.1 Å². The van der Waals surface area contributed by atoms with Crippen molar-refractivity contribution in [1.29, 1.82) is 0 Å². The smallest absolute Gasteiger partial charge is 0.373 e. The number of carbonyl (C=O) groups is 4. The Morgan fingerprint density at radius 3 is 2.03 bits per heavy atom. The monoisotopic (exact) mass is 568 g/mol. The molecule has 0 saturated carbocycles. The molecule has 32 heavy (non-hydrogen) atoms. The molecule has 0 aliphatic rings. The van der Waals surface area contributed by atoms with E-state index in [-0.39, 0.29) is 38.0 Å². The van der Waals surface area contributed by atoms with E-state index >= 15 is 0 Å². The third-order valence-electron chi connectivity index (χ3n) is 3.76. The lowest BCUT2D eigenvalue weighted by molar-refractivity contribution is -0.191. The van der Waals surface area contributed by atoms with E-state index in [4.69, 9.17) is 14.7 Å². The molecule has 0 heterocycles. The molecular formula is C19H25IN4O8. The summed E-state index contributed by atoms with van der Waals surface area (Å²) >= 11 is 2.17. The molecule has 0 saturated heterocycles. The van der Waals surface area contributed by atoms with Crippen molar-refractivity contribution in [1.82, 2.24) is 16.0 Å². The van der Waals surface area contributed by atoms with Crippen LogP contribution in [0.5, 0.6) is 0 Å². The van der Waals surface area contributed by atoms with Crippen LogP contribution >= 0.6 is 22.6 Å². The van der Waals surface area contributed by atoms with Crippen LogP contribution in [0.4, 0.5) is 15.3 Å². The third-order valence-corrected chi connectivity index (χ3v) is 4.48. The molecule has 176 valence electrons. The zero-order valence-electron chi connectivity index (χ0n) is 17.1. The summed E-state index contributed by atoms with van der Waals surface area (Å²) in [5.41, 5.74) is 0.674. The molecule has 0 radical (unpaired) electrons. The summed E-state index contributed by atoms with van der Waals surface area (Å²) in [4.78, 5) is 61.4. The van der Waals surface area contributed by atoms with Crippen LogP contribution in [0.25, 0.3) is 0 Å². The maximum absolute atomic E-state index is 11.8. The largest absolute Gasteiger partial charge is 0.481 e. The number of halogens is 1. The normalized spacial score (nSPS) is 10.4. The Morgan fingerprint density at radius 1 is 0.906 bits per heavy atom. The van der Waals surface area contributed by atoms with Crippen LogP contribution in [0.2, 0.25) is 0 Å². The van der Waals surface area contributed by atoms with Crippen molar-refractivity contribution < 1.29 is 39.0 Å². The molecule has 6 N–H and O–H groups in total. The molecule has 12 nitrogen and oxygen atoms in total. The summed E-state index contributed by atoms with van der Waals surface area (Å²) < 4.78 is 1.06. The number of amides is 4. The average molecular weight is 568 g/mol. The number of aliphatic carboxylic acids is 2. The molecule has 0 bridgehead atoms. The average Bonchev–Trinajstić information content (AvgIpc) is 2.72. The van der Waals surface area contributed by atoms with Crippen molar-refractivity contribution in [2.45, 2.75) is 38.1 Å². The van der Waals surface area contributed by atoms with Crippen LogP contribution in [-0.2, 0) is 19.2 Å². The fourth-order valence-electron chi connectivity index (χ4n) is 2.29. The minimum absolute atomic E-state index is 0.0766. The first-order chi connectivity index (χ1) is 15.2. The number of carbonyl (C=O) groups excluding carboxylic acids is 4. The first kappa shape index (κ1) is 28.8. The van der Waals surface area contributed by atoms with Gasteiger partial charge in [-0.25, -0.2) is 14.4 Å². The summed E-state index contributed by atoms with van der Waals surface area (Å²) in [5, 5.41) is 27.9. The Balaban J connectivity index is 0.00000302. The standard InChI is InChI=1S/C18H25IN4O6.CO2/c19-12-6-8-13(9-7-12)22-17(28)20-10-2-1-4-14(16(26)27)23-18(29)21-11-3-5-15(24)25;2-1-3/h6-9,14H,1-5,10-11H2,(H,24,25)(H,26,27)(H2,20,22,28)(H2,21,23,29);/t14-;/m0./s1/i19+4;. The maximum atomic E-state index is 11.8. The Bertz CT molecular complexity index is 782. The van der Waals surface area contributed by atoms with Crippen molar-refractivity contribution >= 4 is 58.4 Å². The van der Waals surface area contributed by atoms with Crippen LogP contribution in [0.15, 0.2) is 24.3 Å². The Labute approximate surface area is 197 Å². The second-order valence-electron chi connectivity index (χ2n) is 6.26. The Kier molecular flexibility index (Phi) is 15.7. The second kappa shape index (κ2) is 17.5. The lowest BCUT2D eigenvalue weighted by Crippen LogP contribution is -2.46. The number of rotatable bonds is 12. The number of carboxylic acids is 2. The predicted molar refractivity (Wildman–Crippen MR) is 120 cm³/mol. The second-order valence-corrected chi connectivity index (χ2v) is 7.50. The highest BCUT2D eigenvalue weighted by Gasteiger charge is 2.19. The summed E-state index contributed by atoms with van der Waals surface area (Å²) in [5.74, 6) is -2.12. The number of carboxylic acid groups (broad SMARTS) is 2. The van der Waals surface area contributed by atoms with E-state index in [2.05, 4.69) is 43.9 Å². The summed E-state index contributed by atoms with van der Waals surface area (Å²) in [6.45, 7) is 0.508. The molecule has 0 aliphatic heterocycles. The molecule has 1 aromatic rings. The fourth-order valence-corrected chi connectivity index (χ4v) is 2.65. The van der Waals surface area contributed by atoms with Crippen molar-refractivity contribution in [3.05, 3.63) is 27.8 Å². The number of nitrogens with one attached hydrogen (secondary N) is 4. The molecule has 0 spiro atoms. The highest BCUT2D eigenvalue weighted by Crippen LogP contribution is 2.10. The Morgan fingerprint density at radius 2 is 1.47 bits per heavy atom. The lowest BCUT2D eigenvalue weighted by Gasteiger charge is -2.15. The minimum atomic E-state index is -1.16. The van der Waals surface area contributed by atoms with Crippen LogP contribution in [0.3, 0.4) is 0 Å². The summed E-state index contributed by atoms with van der Waals surface area (Å²) in [6, 6.07) is 5.26. The summed E-state index contributed by atoms with van der Waals surface area (Å²) in [6.07, 6.45) is 1.67. The van der Waals surface area contributed by atoms with Crippen LogP contribution in [0.1, 0.15) is 32.1 Å². The van der Waals surface area contributed by atoms with Gasteiger partial charge in [-0.3, -0.25) is 4.79 Å². The van der Waals surface area contributed by atoms with Crippen molar-refractivity contribution in [2.75, 3.05) is 18.4 Å². The molecular weight excluding hydrogens is 543 g/mol. The van der Waals surface area contributed by atoms with Crippen LogP contribution < -0.4 is 21.3 Å². The van der Waals surface area contributed by atoms with Gasteiger partial charge >= 0.3 is 30.2 Å². The Hall–Kier alpha value is -3.19. The number of benzene rings is 1. The number of hydrogen-bond acceptors (Lipinski definition) is 6. The topological polar surface area (TPSA) is 191 Å². The number of anilines is 1. The first-order valence-corrected chi connectivity index (χ1v) is 10.6. The molecule has 4 amide bonds. The highest BCUT2D eigenvalue weighted by atomic mass is 131. The van der Waals surface area contributed by atoms with Crippen LogP contribution in [0, 0.1) is 3.57 Å². The number of hydrogen-bond donors (Lipinski definition) is 6. The van der Waals surface area contributed by atoms with E-state index in [0.717, 1.165) is 3.57 Å². The van der Waals surface area contributed by atoms with E-state index < -0.39 is 24.0 Å². The predicted octanol–water partition coefficient (Wildman–Crippen LogP) is 1.62. The first-order valence-electron chi connectivity index (χ1n) is 9.48. The quantitative estimate of drug-likeness (QED) is 0.162. The van der Waals surface area contributed by atoms with Crippen molar-refractivity contribution in [3.63, 3.8) is 0 Å². The van der Waals surface area contributed by atoms with Gasteiger partial charge in [0.2, 0.25) is 0 Å². The molecule has 0 aliphatic carbocycles. The molecule has 13 heteroatoms. The van der Waals surface area contributed by atoms with E-state index in [1.54, 1.807) is 12.1 Å². The molecule has 1 atom stereocenters. The lowest BCUT2D eigenvalue weighted by atomic mass is 10.1. The van der Waals surface area contributed by atoms with Gasteiger partial charge < -0.3 is 31.5 Å². The molecule has 0 fully saturated rings. The van der Waals surface area contributed by atoms with Gasteiger partial charge in [-0.1, -0.05) is 0 Å². The zero-order valence-corrected chi connectivity index (χ0v) is 19.2. The third kappa shape index (κ3) is 15.6. The van der Waals surface area contributed by atoms with E-state index in [0.29, 0.717) is 25.1 Å². The van der Waals surface area contributed by atoms with Gasteiger partial charge in [-0.05, 0) is 72.5 Å². The number of unbranched alkanes of at least 4 members (excludes halogenated alkanes) is 1. The van der Waals surface area contributed by atoms with Crippen molar-refractivity contribution in [3.8, 4) is 0 Å². The van der Waals surface area contributed by atoms with Gasteiger partial charge in [-0.15, -0.1) is 0 Å². The molecule has 1 aromatic carbocycles. The van der Waals surface area contributed by atoms with Gasteiger partial charge in [0.25, 0.3) is 0 Å². The van der Waals surface area contributed by atoms with Gasteiger partial charge in [0, 0.05) is 28.8 Å². The van der Waals surface area contributed by atoms with Gasteiger partial charge in [-0.2, -0.15) is 9.59 Å². The minimum Gasteiger partial charge on any atom is -0.481 e. The van der Waals surface area contributed by atoms with Gasteiger partial charge in [0.1, 0.15) is 6.04 Å². The highest BCUT2D eigenvalue weighted by molar-refractivity contribution is 14.1. The summed E-state index contributed by atoms with van der Waals surface area (Å²) in [7, 11) is 0. The zero-order chi connectivity index (χ0) is 24.4. The van der Waals surface area contributed by atoms with E-state index in [9.17, 15) is 24.3 Å². The van der Waals surface area contributed by atoms with E-state index in [1.165, 1.54) is 0 Å². The SMILES string of the molecule is O=C(O)CCCNC(=O)N[C@@H](CCCCNC(=O)Nc1ccc([131I])cc1)C(=O)O.O=C=O. The molecule has 1 rings (SSSR count). The van der Waals surface area contributed by atoms with Crippen LogP contribution in [-0.4, -0.2) is 59.5 Å². The molecule has 0 unspecified atom stereocenters.